The van der Waals surface area contributed by atoms with Crippen LogP contribution in [0, 0.1) is 6.92 Å². The van der Waals surface area contributed by atoms with Crippen molar-refractivity contribution in [1.29, 1.82) is 0 Å². The predicted molar refractivity (Wildman–Crippen MR) is 119 cm³/mol. The van der Waals surface area contributed by atoms with Gasteiger partial charge in [-0.15, -0.1) is 11.3 Å². The molecule has 4 aromatic rings. The van der Waals surface area contributed by atoms with Gasteiger partial charge in [0.05, 0.1) is 17.5 Å². The minimum Gasteiger partial charge on any atom is -0.383 e. The third-order valence-electron chi connectivity index (χ3n) is 5.10. The number of aryl methyl sites for hydroxylation is 1. The number of methoxy groups -OCH3 is 1. The lowest BCUT2D eigenvalue weighted by molar-refractivity contribution is 0.162. The third-order valence-corrected chi connectivity index (χ3v) is 5.98. The van der Waals surface area contributed by atoms with Gasteiger partial charge < -0.3 is 14.6 Å². The van der Waals surface area contributed by atoms with Gasteiger partial charge >= 0.3 is 0 Å². The molecule has 1 N–H and O–H groups in total. The van der Waals surface area contributed by atoms with Crippen LogP contribution >= 0.6 is 11.3 Å². The summed E-state index contributed by atoms with van der Waals surface area (Å²) >= 11 is 1.65. The van der Waals surface area contributed by atoms with Gasteiger partial charge in [0.2, 0.25) is 0 Å². The minimum atomic E-state index is -0.129. The van der Waals surface area contributed by atoms with Crippen LogP contribution in [0.2, 0.25) is 0 Å². The van der Waals surface area contributed by atoms with Gasteiger partial charge in [-0.2, -0.15) is 0 Å². The number of pyridine rings is 1. The molecule has 0 aliphatic carbocycles. The molecule has 0 fully saturated rings. The van der Waals surface area contributed by atoms with Gasteiger partial charge in [-0.05, 0) is 55.1 Å². The lowest BCUT2D eigenvalue weighted by Crippen LogP contribution is -2.25. The number of hydrogen-bond acceptors (Lipinski definition) is 6. The maximum absolute atomic E-state index is 12.8. The van der Waals surface area contributed by atoms with Gasteiger partial charge in [-0.25, -0.2) is 4.98 Å². The lowest BCUT2D eigenvalue weighted by Gasteiger charge is -2.16. The molecule has 0 unspecified atom stereocenters. The van der Waals surface area contributed by atoms with E-state index in [1.165, 1.54) is 0 Å². The molecular weight excluding hydrogens is 384 g/mol. The van der Waals surface area contributed by atoms with E-state index >= 15 is 0 Å². The van der Waals surface area contributed by atoms with Gasteiger partial charge in [0.15, 0.2) is 5.82 Å². The number of aromatic nitrogens is 3. The molecule has 0 saturated heterocycles. The first-order valence-electron chi connectivity index (χ1n) is 9.60. The summed E-state index contributed by atoms with van der Waals surface area (Å²) in [5.74, 6) is 0.507. The first-order chi connectivity index (χ1) is 14.0. The van der Waals surface area contributed by atoms with Gasteiger partial charge in [0.1, 0.15) is 5.69 Å². The number of likely N-dealkylation sites (N-methyl/N-ethyl adjacent to an activating group) is 1. The molecule has 29 heavy (non-hydrogen) atoms. The van der Waals surface area contributed by atoms with Crippen LogP contribution in [-0.4, -0.2) is 53.7 Å². The summed E-state index contributed by atoms with van der Waals surface area (Å²) in [5.41, 5.74) is 3.42. The van der Waals surface area contributed by atoms with Crippen molar-refractivity contribution in [2.45, 2.75) is 13.3 Å². The Bertz CT molecular complexity index is 1210. The highest BCUT2D eigenvalue weighted by atomic mass is 32.1. The number of ether oxygens (including phenoxy) is 1. The molecule has 0 atom stereocenters. The minimum absolute atomic E-state index is 0.129. The van der Waals surface area contributed by atoms with Gasteiger partial charge in [0, 0.05) is 36.5 Å². The zero-order valence-electron chi connectivity index (χ0n) is 16.9. The fraction of sp³-hybridized carbons (Fsp3) is 0.318. The van der Waals surface area contributed by atoms with E-state index < -0.39 is 0 Å². The Labute approximate surface area is 173 Å². The fourth-order valence-electron chi connectivity index (χ4n) is 3.42. The quantitative estimate of drug-likeness (QED) is 0.506. The fourth-order valence-corrected chi connectivity index (χ4v) is 4.22. The van der Waals surface area contributed by atoms with Crippen molar-refractivity contribution in [1.82, 2.24) is 19.9 Å². The van der Waals surface area contributed by atoms with Crippen molar-refractivity contribution in [2.24, 2.45) is 0 Å². The Hall–Kier alpha value is -2.61. The number of rotatable bonds is 7. The van der Waals surface area contributed by atoms with Crippen LogP contribution in [0.25, 0.3) is 32.5 Å². The monoisotopic (exact) mass is 408 g/mol. The summed E-state index contributed by atoms with van der Waals surface area (Å²) in [7, 11) is 3.78. The van der Waals surface area contributed by atoms with Crippen LogP contribution in [0.5, 0.6) is 0 Å². The van der Waals surface area contributed by atoms with E-state index in [0.717, 1.165) is 46.2 Å². The molecule has 6 nitrogen and oxygen atoms in total. The summed E-state index contributed by atoms with van der Waals surface area (Å²) < 4.78 is 6.25. The Balaban J connectivity index is 1.66. The topological polar surface area (TPSA) is 71.1 Å². The molecular formula is C22H24N4O2S. The molecule has 1 aromatic carbocycles. The van der Waals surface area contributed by atoms with Crippen LogP contribution in [0.1, 0.15) is 11.1 Å². The molecule has 3 aromatic heterocycles. The molecule has 0 spiro atoms. The summed E-state index contributed by atoms with van der Waals surface area (Å²) in [5, 5.41) is 3.75. The lowest BCUT2D eigenvalue weighted by atomic mass is 10.0. The molecule has 0 radical (unpaired) electrons. The zero-order valence-corrected chi connectivity index (χ0v) is 17.7. The Morgan fingerprint density at radius 1 is 1.24 bits per heavy atom. The Kier molecular flexibility index (Phi) is 5.71. The van der Waals surface area contributed by atoms with Crippen LogP contribution in [0.15, 0.2) is 40.6 Å². The molecule has 0 aliphatic heterocycles. The second kappa shape index (κ2) is 8.41. The molecule has 150 valence electrons. The highest BCUT2D eigenvalue weighted by Crippen LogP contribution is 2.25. The van der Waals surface area contributed by atoms with E-state index in [9.17, 15) is 4.79 Å². The highest BCUT2D eigenvalue weighted by Gasteiger charge is 2.12. The van der Waals surface area contributed by atoms with Crippen molar-refractivity contribution in [3.63, 3.8) is 0 Å². The van der Waals surface area contributed by atoms with Gasteiger partial charge in [-0.3, -0.25) is 9.78 Å². The molecule has 0 amide bonds. The first-order valence-corrected chi connectivity index (χ1v) is 10.5. The zero-order chi connectivity index (χ0) is 20.4. The van der Waals surface area contributed by atoms with E-state index in [4.69, 9.17) is 9.72 Å². The Morgan fingerprint density at radius 3 is 2.93 bits per heavy atom. The van der Waals surface area contributed by atoms with Crippen molar-refractivity contribution in [3.05, 3.63) is 57.3 Å². The van der Waals surface area contributed by atoms with E-state index in [1.807, 2.05) is 36.7 Å². The standard InChI is InChI=1S/C22H24N4O2S/c1-14-10-15(4-6-26(2)7-8-28-3)11-17-20(14)24-21(25-22(17)27)18-12-19-16(13-23-18)5-9-29-19/h5,9-13H,4,6-8H2,1-3H3,(H,24,25,27). The Morgan fingerprint density at radius 2 is 2.10 bits per heavy atom. The molecule has 0 saturated carbocycles. The normalized spacial score (nSPS) is 11.7. The number of fused-ring (bicyclic) bond motifs is 2. The SMILES string of the molecule is COCCN(C)CCc1cc(C)c2nc(-c3cc4sccc4cn3)[nH]c(=O)c2c1. The average molecular weight is 409 g/mol. The maximum Gasteiger partial charge on any atom is 0.259 e. The second-order valence-corrected chi connectivity index (χ2v) is 8.25. The number of H-pyrrole nitrogens is 1. The third kappa shape index (κ3) is 4.22. The highest BCUT2D eigenvalue weighted by molar-refractivity contribution is 7.17. The van der Waals surface area contributed by atoms with Crippen molar-refractivity contribution in [3.8, 4) is 11.5 Å². The number of nitrogens with one attached hydrogen (secondary N) is 1. The van der Waals surface area contributed by atoms with Crippen molar-refractivity contribution in [2.75, 3.05) is 33.9 Å². The van der Waals surface area contributed by atoms with E-state index in [2.05, 4.69) is 28.0 Å². The summed E-state index contributed by atoms with van der Waals surface area (Å²) in [6, 6.07) is 8.09. The van der Waals surface area contributed by atoms with E-state index in [-0.39, 0.29) is 5.56 Å². The van der Waals surface area contributed by atoms with Crippen LogP contribution in [0.3, 0.4) is 0 Å². The summed E-state index contributed by atoms with van der Waals surface area (Å²) in [6.07, 6.45) is 2.69. The number of nitrogens with zero attached hydrogens (tertiary/aromatic N) is 3. The first kappa shape index (κ1) is 19.7. The van der Waals surface area contributed by atoms with E-state index in [1.54, 1.807) is 18.4 Å². The van der Waals surface area contributed by atoms with Crippen molar-refractivity contribution >= 4 is 32.3 Å². The average Bonchev–Trinajstić information content (AvgIpc) is 3.19. The largest absolute Gasteiger partial charge is 0.383 e. The second-order valence-electron chi connectivity index (χ2n) is 7.30. The number of aromatic amines is 1. The molecule has 4 rings (SSSR count). The van der Waals surface area contributed by atoms with Gasteiger partial charge in [0.25, 0.3) is 5.56 Å². The van der Waals surface area contributed by atoms with Crippen molar-refractivity contribution < 1.29 is 4.74 Å². The maximum atomic E-state index is 12.8. The number of benzene rings is 1. The molecule has 7 heteroatoms. The number of hydrogen-bond donors (Lipinski definition) is 1. The van der Waals surface area contributed by atoms with Crippen LogP contribution in [-0.2, 0) is 11.2 Å². The summed E-state index contributed by atoms with van der Waals surface area (Å²) in [6.45, 7) is 4.51. The smallest absolute Gasteiger partial charge is 0.259 e. The summed E-state index contributed by atoms with van der Waals surface area (Å²) in [4.78, 5) is 27.2. The predicted octanol–water partition coefficient (Wildman–Crippen LogP) is 3.63. The van der Waals surface area contributed by atoms with Crippen LogP contribution < -0.4 is 5.56 Å². The number of thiophene rings is 1. The van der Waals surface area contributed by atoms with Gasteiger partial charge in [-0.1, -0.05) is 6.07 Å². The molecule has 0 bridgehead atoms. The molecule has 0 aliphatic rings. The van der Waals surface area contributed by atoms with E-state index in [0.29, 0.717) is 23.5 Å². The molecule has 3 heterocycles. The van der Waals surface area contributed by atoms with Crippen LogP contribution in [0.4, 0.5) is 0 Å².